The number of ether oxygens (including phenoxy) is 1. The summed E-state index contributed by atoms with van der Waals surface area (Å²) in [5, 5.41) is 10.4. The predicted molar refractivity (Wildman–Crippen MR) is 90.3 cm³/mol. The third kappa shape index (κ3) is 2.79. The van der Waals surface area contributed by atoms with Crippen molar-refractivity contribution in [1.29, 1.82) is 0 Å². The van der Waals surface area contributed by atoms with Crippen LogP contribution < -0.4 is 11.5 Å². The topological polar surface area (TPSA) is 124 Å². The first-order chi connectivity index (χ1) is 11.5. The van der Waals surface area contributed by atoms with Gasteiger partial charge in [-0.05, 0) is 36.2 Å². The molecule has 0 unspecified atom stereocenters. The van der Waals surface area contributed by atoms with E-state index in [1.54, 1.807) is 24.3 Å². The standard InChI is InChI=1S/C17H16N4O3/c1-9-10(6-7-12-14(9)15(18)21-17(19)20-12)8-24-16(23)11-4-2-3-5-13(11)22/h2-7,22H,8H2,1H3,(H4,18,19,20,21). The fourth-order valence-electron chi connectivity index (χ4n) is 2.51. The van der Waals surface area contributed by atoms with Gasteiger partial charge in [-0.2, -0.15) is 4.98 Å². The van der Waals surface area contributed by atoms with Gasteiger partial charge >= 0.3 is 5.97 Å². The maximum atomic E-state index is 12.1. The Bertz CT molecular complexity index is 941. The van der Waals surface area contributed by atoms with Crippen LogP contribution in [0.3, 0.4) is 0 Å². The second-order valence-corrected chi connectivity index (χ2v) is 5.30. The minimum absolute atomic E-state index is 0.0404. The Balaban J connectivity index is 1.87. The average molecular weight is 324 g/mol. The van der Waals surface area contributed by atoms with Crippen molar-refractivity contribution < 1.29 is 14.6 Å². The molecule has 0 atom stereocenters. The minimum Gasteiger partial charge on any atom is -0.507 e. The highest BCUT2D eigenvalue weighted by Crippen LogP contribution is 2.26. The van der Waals surface area contributed by atoms with Gasteiger partial charge < -0.3 is 21.3 Å². The number of phenols is 1. The third-order valence-electron chi connectivity index (χ3n) is 3.76. The van der Waals surface area contributed by atoms with Crippen LogP contribution in [0.5, 0.6) is 5.75 Å². The minimum atomic E-state index is -0.603. The second kappa shape index (κ2) is 6.04. The van der Waals surface area contributed by atoms with E-state index in [1.807, 2.05) is 6.92 Å². The number of aryl methyl sites for hydroxylation is 1. The van der Waals surface area contributed by atoms with Crippen LogP contribution in [0, 0.1) is 6.92 Å². The van der Waals surface area contributed by atoms with Crippen molar-refractivity contribution in [2.75, 3.05) is 11.5 Å². The largest absolute Gasteiger partial charge is 0.507 e. The van der Waals surface area contributed by atoms with Crippen LogP contribution in [-0.4, -0.2) is 21.0 Å². The summed E-state index contributed by atoms with van der Waals surface area (Å²) in [4.78, 5) is 20.2. The molecule has 24 heavy (non-hydrogen) atoms. The number of nitrogen functional groups attached to an aromatic ring is 2. The monoisotopic (exact) mass is 324 g/mol. The average Bonchev–Trinajstić information content (AvgIpc) is 2.53. The van der Waals surface area contributed by atoms with Gasteiger partial charge in [-0.3, -0.25) is 0 Å². The van der Waals surface area contributed by atoms with Crippen LogP contribution >= 0.6 is 0 Å². The molecule has 3 aromatic rings. The number of fused-ring (bicyclic) bond motifs is 1. The third-order valence-corrected chi connectivity index (χ3v) is 3.76. The molecule has 0 radical (unpaired) electrons. The van der Waals surface area contributed by atoms with Gasteiger partial charge in [0, 0.05) is 5.39 Å². The fraction of sp³-hybridized carbons (Fsp3) is 0.118. The van der Waals surface area contributed by atoms with Crippen LogP contribution in [0.15, 0.2) is 36.4 Å². The SMILES string of the molecule is Cc1c(COC(=O)c2ccccc2O)ccc2nc(N)nc(N)c12. The zero-order valence-electron chi connectivity index (χ0n) is 13.0. The highest BCUT2D eigenvalue weighted by molar-refractivity contribution is 5.93. The number of benzene rings is 2. The van der Waals surface area contributed by atoms with Crippen LogP contribution in [0.25, 0.3) is 10.9 Å². The van der Waals surface area contributed by atoms with E-state index in [9.17, 15) is 9.90 Å². The molecule has 7 nitrogen and oxygen atoms in total. The van der Waals surface area contributed by atoms with Crippen molar-refractivity contribution in [3.63, 3.8) is 0 Å². The van der Waals surface area contributed by atoms with Crippen LogP contribution in [0.2, 0.25) is 0 Å². The first kappa shape index (κ1) is 15.5. The number of para-hydroxylation sites is 1. The molecular weight excluding hydrogens is 308 g/mol. The molecule has 122 valence electrons. The summed E-state index contributed by atoms with van der Waals surface area (Å²) in [6.45, 7) is 1.89. The van der Waals surface area contributed by atoms with Crippen molar-refractivity contribution >= 4 is 28.6 Å². The van der Waals surface area contributed by atoms with Gasteiger partial charge in [0.15, 0.2) is 0 Å². The van der Waals surface area contributed by atoms with Crippen LogP contribution in [-0.2, 0) is 11.3 Å². The molecule has 0 amide bonds. The van der Waals surface area contributed by atoms with Gasteiger partial charge in [-0.1, -0.05) is 18.2 Å². The molecule has 1 heterocycles. The highest BCUT2D eigenvalue weighted by Gasteiger charge is 2.14. The van der Waals surface area contributed by atoms with Crippen molar-refractivity contribution in [3.8, 4) is 5.75 Å². The number of hydrogen-bond donors (Lipinski definition) is 3. The van der Waals surface area contributed by atoms with Gasteiger partial charge in [0.05, 0.1) is 5.52 Å². The van der Waals surface area contributed by atoms with E-state index in [4.69, 9.17) is 16.2 Å². The van der Waals surface area contributed by atoms with E-state index < -0.39 is 5.97 Å². The van der Waals surface area contributed by atoms with Crippen LogP contribution in [0.1, 0.15) is 21.5 Å². The number of hydrogen-bond acceptors (Lipinski definition) is 7. The number of esters is 1. The molecule has 0 aliphatic carbocycles. The molecule has 0 saturated heterocycles. The van der Waals surface area contributed by atoms with E-state index >= 15 is 0 Å². The first-order valence-electron chi connectivity index (χ1n) is 7.23. The molecule has 3 rings (SSSR count). The summed E-state index contributed by atoms with van der Waals surface area (Å²) < 4.78 is 5.28. The number of rotatable bonds is 3. The predicted octanol–water partition coefficient (Wildman–Crippen LogP) is 2.17. The molecular formula is C17H16N4O3. The Morgan fingerprint density at radius 1 is 1.17 bits per heavy atom. The molecule has 0 saturated carbocycles. The van der Waals surface area contributed by atoms with Gasteiger partial charge in [0.1, 0.15) is 23.7 Å². The van der Waals surface area contributed by atoms with Gasteiger partial charge in [0.2, 0.25) is 5.95 Å². The lowest BCUT2D eigenvalue weighted by molar-refractivity contribution is 0.0469. The Morgan fingerprint density at radius 2 is 1.92 bits per heavy atom. The van der Waals surface area contributed by atoms with Crippen molar-refractivity contribution in [2.45, 2.75) is 13.5 Å². The lowest BCUT2D eigenvalue weighted by Gasteiger charge is -2.12. The number of phenolic OH excluding ortho intramolecular Hbond substituents is 1. The maximum absolute atomic E-state index is 12.1. The van der Waals surface area contributed by atoms with E-state index in [2.05, 4.69) is 9.97 Å². The van der Waals surface area contributed by atoms with E-state index in [-0.39, 0.29) is 29.7 Å². The second-order valence-electron chi connectivity index (χ2n) is 5.30. The summed E-state index contributed by atoms with van der Waals surface area (Å²) >= 11 is 0. The molecule has 1 aromatic heterocycles. The molecule has 0 spiro atoms. The fourth-order valence-corrected chi connectivity index (χ4v) is 2.51. The Morgan fingerprint density at radius 3 is 2.67 bits per heavy atom. The summed E-state index contributed by atoms with van der Waals surface area (Å²) in [7, 11) is 0. The highest BCUT2D eigenvalue weighted by atomic mass is 16.5. The van der Waals surface area contributed by atoms with E-state index in [1.165, 1.54) is 12.1 Å². The Hall–Kier alpha value is -3.35. The number of carbonyl (C=O) groups excluding carboxylic acids is 1. The van der Waals surface area contributed by atoms with Crippen LogP contribution in [0.4, 0.5) is 11.8 Å². The molecule has 0 aliphatic heterocycles. The summed E-state index contributed by atoms with van der Waals surface area (Å²) in [6, 6.07) is 9.76. The van der Waals surface area contributed by atoms with Crippen molar-refractivity contribution in [2.24, 2.45) is 0 Å². The normalized spacial score (nSPS) is 10.7. The smallest absolute Gasteiger partial charge is 0.342 e. The van der Waals surface area contributed by atoms with E-state index in [0.717, 1.165) is 11.1 Å². The number of aromatic nitrogens is 2. The lowest BCUT2D eigenvalue weighted by atomic mass is 10.0. The van der Waals surface area contributed by atoms with Gasteiger partial charge in [0.25, 0.3) is 0 Å². The van der Waals surface area contributed by atoms with Gasteiger partial charge in [-0.15, -0.1) is 0 Å². The Kier molecular flexibility index (Phi) is 3.91. The zero-order chi connectivity index (χ0) is 17.3. The molecule has 7 heteroatoms. The first-order valence-corrected chi connectivity index (χ1v) is 7.23. The zero-order valence-corrected chi connectivity index (χ0v) is 13.0. The number of anilines is 2. The van der Waals surface area contributed by atoms with E-state index in [0.29, 0.717) is 10.9 Å². The molecule has 5 N–H and O–H groups in total. The summed E-state index contributed by atoms with van der Waals surface area (Å²) in [6.07, 6.45) is 0. The number of nitrogens with zero attached hydrogens (tertiary/aromatic N) is 2. The van der Waals surface area contributed by atoms with Gasteiger partial charge in [-0.25, -0.2) is 9.78 Å². The molecule has 0 aliphatic rings. The number of aromatic hydroxyl groups is 1. The van der Waals surface area contributed by atoms with Crippen molar-refractivity contribution in [3.05, 3.63) is 53.1 Å². The number of nitrogens with two attached hydrogens (primary N) is 2. The molecule has 0 bridgehead atoms. The maximum Gasteiger partial charge on any atom is 0.342 e. The summed E-state index contributed by atoms with van der Waals surface area (Å²) in [5.74, 6) is -0.331. The summed E-state index contributed by atoms with van der Waals surface area (Å²) in [5.41, 5.74) is 13.9. The van der Waals surface area contributed by atoms with Crippen molar-refractivity contribution in [1.82, 2.24) is 9.97 Å². The quantitative estimate of drug-likeness (QED) is 0.630. The number of carbonyl (C=O) groups is 1. The lowest BCUT2D eigenvalue weighted by Crippen LogP contribution is -2.07. The Labute approximate surface area is 137 Å². The molecule has 2 aromatic carbocycles. The molecule has 0 fully saturated rings.